The van der Waals surface area contributed by atoms with Crippen LogP contribution in [0.3, 0.4) is 0 Å². The van der Waals surface area contributed by atoms with Crippen LogP contribution in [-0.2, 0) is 20.6 Å². The molecule has 148 valence electrons. The fraction of sp³-hybridized carbons (Fsp3) is 0.588. The molecule has 1 aromatic carbocycles. The van der Waals surface area contributed by atoms with Crippen molar-refractivity contribution in [3.05, 3.63) is 33.8 Å². The van der Waals surface area contributed by atoms with Crippen LogP contribution in [0.2, 0.25) is 10.0 Å². The van der Waals surface area contributed by atoms with Crippen molar-refractivity contribution >= 4 is 50.9 Å². The van der Waals surface area contributed by atoms with Crippen LogP contribution in [0.5, 0.6) is 0 Å². The minimum Gasteiger partial charge on any atom is -0.355 e. The van der Waals surface area contributed by atoms with Gasteiger partial charge in [-0.1, -0.05) is 29.3 Å². The third kappa shape index (κ3) is 8.95. The van der Waals surface area contributed by atoms with Crippen molar-refractivity contribution in [3.8, 4) is 0 Å². The van der Waals surface area contributed by atoms with Gasteiger partial charge in [-0.3, -0.25) is 4.79 Å². The Morgan fingerprint density at radius 2 is 1.81 bits per heavy atom. The van der Waals surface area contributed by atoms with E-state index < -0.39 is 15.3 Å². The summed E-state index contributed by atoms with van der Waals surface area (Å²) in [5, 5.41) is 3.73. The number of carbonyl (C=O) groups excluding carboxylic acids is 1. The highest BCUT2D eigenvalue weighted by Crippen LogP contribution is 2.27. The number of amides is 1. The number of halogens is 2. The highest BCUT2D eigenvalue weighted by molar-refractivity contribution is 7.98. The molecular formula is C17H26Cl2N2O3S2. The first-order valence-electron chi connectivity index (χ1n) is 8.50. The van der Waals surface area contributed by atoms with E-state index in [0.29, 0.717) is 48.2 Å². The monoisotopic (exact) mass is 440 g/mol. The van der Waals surface area contributed by atoms with Crippen LogP contribution in [0, 0.1) is 0 Å². The second kappa shape index (κ2) is 12.1. The van der Waals surface area contributed by atoms with Gasteiger partial charge in [-0.15, -0.1) is 0 Å². The number of carbonyl (C=O) groups is 1. The van der Waals surface area contributed by atoms with E-state index in [1.807, 2.05) is 18.2 Å². The minimum atomic E-state index is -3.22. The lowest BCUT2D eigenvalue weighted by molar-refractivity contribution is -0.121. The van der Waals surface area contributed by atoms with Crippen molar-refractivity contribution in [2.45, 2.75) is 44.1 Å². The van der Waals surface area contributed by atoms with Crippen LogP contribution in [0.1, 0.15) is 38.7 Å². The van der Waals surface area contributed by atoms with Gasteiger partial charge in [-0.05, 0) is 44.4 Å². The number of unbranched alkanes of at least 4 members (excludes halogenated alkanes) is 1. The summed E-state index contributed by atoms with van der Waals surface area (Å²) in [7, 11) is -3.22. The quantitative estimate of drug-likeness (QED) is 0.484. The molecule has 0 unspecified atom stereocenters. The molecule has 5 nitrogen and oxygen atoms in total. The summed E-state index contributed by atoms with van der Waals surface area (Å²) in [5.41, 5.74) is 0.913. The smallest absolute Gasteiger partial charge is 0.220 e. The Bertz CT molecular complexity index is 662. The van der Waals surface area contributed by atoms with Crippen LogP contribution < -0.4 is 10.0 Å². The van der Waals surface area contributed by atoms with Crippen LogP contribution in [0.4, 0.5) is 0 Å². The highest BCUT2D eigenvalue weighted by atomic mass is 35.5. The average molecular weight is 441 g/mol. The molecule has 9 heteroatoms. The maximum Gasteiger partial charge on any atom is 0.220 e. The second-order valence-electron chi connectivity index (χ2n) is 6.05. The Morgan fingerprint density at radius 1 is 1.15 bits per heavy atom. The SMILES string of the molecule is CC(C)S(=O)(=O)NCCCCC(=O)NCCSCc1c(Cl)cccc1Cl. The molecule has 0 saturated heterocycles. The van der Waals surface area contributed by atoms with Crippen LogP contribution >= 0.6 is 35.0 Å². The first-order valence-corrected chi connectivity index (χ1v) is 12.0. The number of sulfonamides is 1. The molecule has 1 rings (SSSR count). The van der Waals surface area contributed by atoms with Gasteiger partial charge in [0, 0.05) is 41.1 Å². The van der Waals surface area contributed by atoms with E-state index in [9.17, 15) is 13.2 Å². The fourth-order valence-corrected chi connectivity index (χ4v) is 4.34. The third-order valence-electron chi connectivity index (χ3n) is 3.63. The van der Waals surface area contributed by atoms with Crippen molar-refractivity contribution in [3.63, 3.8) is 0 Å². The number of thioether (sulfide) groups is 1. The van der Waals surface area contributed by atoms with Crippen molar-refractivity contribution in [2.24, 2.45) is 0 Å². The number of benzene rings is 1. The number of rotatable bonds is 12. The topological polar surface area (TPSA) is 75.3 Å². The summed E-state index contributed by atoms with van der Waals surface area (Å²) in [4.78, 5) is 11.8. The zero-order chi connectivity index (χ0) is 19.6. The van der Waals surface area contributed by atoms with Gasteiger partial charge in [0.1, 0.15) is 0 Å². The maximum absolute atomic E-state index is 11.8. The Labute approximate surface area is 170 Å². The molecule has 0 radical (unpaired) electrons. The summed E-state index contributed by atoms with van der Waals surface area (Å²) in [6.45, 7) is 4.20. The summed E-state index contributed by atoms with van der Waals surface area (Å²) in [5.74, 6) is 1.44. The molecular weight excluding hydrogens is 415 g/mol. The van der Waals surface area contributed by atoms with E-state index >= 15 is 0 Å². The van der Waals surface area contributed by atoms with Crippen LogP contribution in [0.15, 0.2) is 18.2 Å². The molecule has 0 heterocycles. The molecule has 0 aliphatic heterocycles. The molecule has 0 aliphatic rings. The van der Waals surface area contributed by atoms with Gasteiger partial charge in [-0.25, -0.2) is 13.1 Å². The Kier molecular flexibility index (Phi) is 11.0. The van der Waals surface area contributed by atoms with Crippen LogP contribution in [-0.4, -0.2) is 38.4 Å². The lowest BCUT2D eigenvalue weighted by atomic mass is 10.2. The summed E-state index contributed by atoms with van der Waals surface area (Å²) >= 11 is 13.9. The van der Waals surface area contributed by atoms with Gasteiger partial charge in [0.15, 0.2) is 0 Å². The molecule has 1 aromatic rings. The van der Waals surface area contributed by atoms with E-state index in [-0.39, 0.29) is 5.91 Å². The molecule has 0 atom stereocenters. The van der Waals surface area contributed by atoms with E-state index in [0.717, 1.165) is 11.3 Å². The normalized spacial score (nSPS) is 11.7. The first-order chi connectivity index (χ1) is 12.2. The molecule has 26 heavy (non-hydrogen) atoms. The van der Waals surface area contributed by atoms with Gasteiger partial charge < -0.3 is 5.32 Å². The number of hydrogen-bond acceptors (Lipinski definition) is 4. The Hall–Kier alpha value is -0.470. The largest absolute Gasteiger partial charge is 0.355 e. The highest BCUT2D eigenvalue weighted by Gasteiger charge is 2.14. The predicted octanol–water partition coefficient (Wildman–Crippen LogP) is 3.84. The first kappa shape index (κ1) is 23.6. The van der Waals surface area contributed by atoms with Gasteiger partial charge >= 0.3 is 0 Å². The third-order valence-corrected chi connectivity index (χ3v) is 7.17. The zero-order valence-corrected chi connectivity index (χ0v) is 18.2. The van der Waals surface area contributed by atoms with Crippen molar-refractivity contribution in [2.75, 3.05) is 18.8 Å². The fourth-order valence-electron chi connectivity index (χ4n) is 1.99. The van der Waals surface area contributed by atoms with Gasteiger partial charge in [0.2, 0.25) is 15.9 Å². The number of hydrogen-bond donors (Lipinski definition) is 2. The zero-order valence-electron chi connectivity index (χ0n) is 15.1. The summed E-state index contributed by atoms with van der Waals surface area (Å²) < 4.78 is 25.7. The molecule has 0 fully saturated rings. The average Bonchev–Trinajstić information content (AvgIpc) is 2.56. The van der Waals surface area contributed by atoms with E-state index in [2.05, 4.69) is 10.0 Å². The lowest BCUT2D eigenvalue weighted by Gasteiger charge is -2.09. The molecule has 2 N–H and O–H groups in total. The predicted molar refractivity (Wildman–Crippen MR) is 112 cm³/mol. The maximum atomic E-state index is 11.8. The molecule has 0 aliphatic carbocycles. The number of nitrogens with one attached hydrogen (secondary N) is 2. The summed E-state index contributed by atoms with van der Waals surface area (Å²) in [6, 6.07) is 5.44. The van der Waals surface area contributed by atoms with Gasteiger partial charge in [0.05, 0.1) is 5.25 Å². The second-order valence-corrected chi connectivity index (χ2v) is 10.3. The van der Waals surface area contributed by atoms with Crippen molar-refractivity contribution in [1.29, 1.82) is 0 Å². The molecule has 0 bridgehead atoms. The van der Waals surface area contributed by atoms with E-state index in [4.69, 9.17) is 23.2 Å². The molecule has 0 spiro atoms. The van der Waals surface area contributed by atoms with E-state index in [1.54, 1.807) is 25.6 Å². The van der Waals surface area contributed by atoms with E-state index in [1.165, 1.54) is 0 Å². The Morgan fingerprint density at radius 3 is 2.42 bits per heavy atom. The lowest BCUT2D eigenvalue weighted by Crippen LogP contribution is -2.31. The summed E-state index contributed by atoms with van der Waals surface area (Å²) in [6.07, 6.45) is 1.68. The Balaban J connectivity index is 2.09. The van der Waals surface area contributed by atoms with Crippen molar-refractivity contribution < 1.29 is 13.2 Å². The minimum absolute atomic E-state index is 0.0203. The van der Waals surface area contributed by atoms with Crippen LogP contribution in [0.25, 0.3) is 0 Å². The molecule has 0 saturated carbocycles. The molecule has 1 amide bonds. The van der Waals surface area contributed by atoms with Crippen molar-refractivity contribution in [1.82, 2.24) is 10.0 Å². The molecule has 0 aromatic heterocycles. The standard InChI is InChI=1S/C17H26Cl2N2O3S2/c1-13(2)26(23,24)21-9-4-3-8-17(22)20-10-11-25-12-14-15(18)6-5-7-16(14)19/h5-7,13,21H,3-4,8-12H2,1-2H3,(H,20,22). The van der Waals surface area contributed by atoms with Gasteiger partial charge in [-0.2, -0.15) is 11.8 Å². The van der Waals surface area contributed by atoms with Gasteiger partial charge in [0.25, 0.3) is 0 Å².